The van der Waals surface area contributed by atoms with Crippen molar-refractivity contribution in [2.75, 3.05) is 0 Å². The molecule has 0 saturated heterocycles. The molecule has 1 aromatic carbocycles. The number of hydrogen-bond acceptors (Lipinski definition) is 1. The largest absolute Gasteiger partial charge is 0.294 e. The zero-order valence-electron chi connectivity index (χ0n) is 8.27. The fraction of sp³-hybridized carbons (Fsp3) is 0.417. The smallest absolute Gasteiger partial charge is 0.163 e. The van der Waals surface area contributed by atoms with Crippen molar-refractivity contribution in [2.45, 2.75) is 32.6 Å². The Balaban J connectivity index is 2.62. The van der Waals surface area contributed by atoms with Gasteiger partial charge in [0.25, 0.3) is 0 Å². The fourth-order valence-electron chi connectivity index (χ4n) is 2.08. The molecule has 74 valence electrons. The van der Waals surface area contributed by atoms with Gasteiger partial charge in [-0.2, -0.15) is 0 Å². The standard InChI is InChI=1S/C12H13FO/c1-8-6-7-10(13)9-4-2-3-5-11(14)12(8)9/h6-7H,2-5H2,1H3. The highest BCUT2D eigenvalue weighted by Crippen LogP contribution is 2.25. The fourth-order valence-corrected chi connectivity index (χ4v) is 2.08. The minimum Gasteiger partial charge on any atom is -0.294 e. The summed E-state index contributed by atoms with van der Waals surface area (Å²) in [7, 11) is 0. The van der Waals surface area contributed by atoms with Gasteiger partial charge in [0.05, 0.1) is 0 Å². The van der Waals surface area contributed by atoms with E-state index in [9.17, 15) is 9.18 Å². The maximum Gasteiger partial charge on any atom is 0.163 e. The van der Waals surface area contributed by atoms with E-state index in [1.54, 1.807) is 6.07 Å². The number of Topliss-reactive ketones (excluding diaryl/α,β-unsaturated/α-hetero) is 1. The first-order valence-electron chi connectivity index (χ1n) is 5.01. The average Bonchev–Trinajstić information content (AvgIpc) is 2.35. The molecule has 0 atom stereocenters. The Hall–Kier alpha value is -1.18. The molecule has 1 nitrogen and oxygen atoms in total. The van der Waals surface area contributed by atoms with E-state index >= 15 is 0 Å². The van der Waals surface area contributed by atoms with Crippen LogP contribution in [-0.4, -0.2) is 5.78 Å². The molecule has 0 bridgehead atoms. The third-order valence-electron chi connectivity index (χ3n) is 2.82. The third kappa shape index (κ3) is 1.45. The highest BCUT2D eigenvalue weighted by molar-refractivity contribution is 5.99. The first-order valence-corrected chi connectivity index (χ1v) is 5.01. The van der Waals surface area contributed by atoms with Crippen LogP contribution < -0.4 is 0 Å². The molecule has 0 unspecified atom stereocenters. The van der Waals surface area contributed by atoms with E-state index in [1.165, 1.54) is 6.07 Å². The van der Waals surface area contributed by atoms with Crippen LogP contribution in [0.3, 0.4) is 0 Å². The first-order chi connectivity index (χ1) is 6.70. The van der Waals surface area contributed by atoms with E-state index in [2.05, 4.69) is 0 Å². The second-order valence-corrected chi connectivity index (χ2v) is 3.85. The topological polar surface area (TPSA) is 17.1 Å². The Labute approximate surface area is 82.9 Å². The molecule has 0 heterocycles. The van der Waals surface area contributed by atoms with E-state index in [0.29, 0.717) is 24.0 Å². The van der Waals surface area contributed by atoms with Crippen molar-refractivity contribution in [3.8, 4) is 0 Å². The van der Waals surface area contributed by atoms with E-state index in [4.69, 9.17) is 0 Å². The van der Waals surface area contributed by atoms with Gasteiger partial charge in [-0.25, -0.2) is 4.39 Å². The minimum absolute atomic E-state index is 0.106. The van der Waals surface area contributed by atoms with Crippen molar-refractivity contribution in [3.63, 3.8) is 0 Å². The van der Waals surface area contributed by atoms with E-state index in [-0.39, 0.29) is 11.6 Å². The van der Waals surface area contributed by atoms with Crippen LogP contribution in [-0.2, 0) is 6.42 Å². The normalized spacial score (nSPS) is 16.3. The highest BCUT2D eigenvalue weighted by Gasteiger charge is 2.20. The van der Waals surface area contributed by atoms with E-state index in [1.807, 2.05) is 6.92 Å². The Bertz CT molecular complexity index is 382. The molecule has 2 rings (SSSR count). The van der Waals surface area contributed by atoms with Gasteiger partial charge in [0.1, 0.15) is 5.82 Å². The van der Waals surface area contributed by atoms with Gasteiger partial charge in [-0.3, -0.25) is 4.79 Å². The maximum absolute atomic E-state index is 13.5. The summed E-state index contributed by atoms with van der Waals surface area (Å²) in [4.78, 5) is 11.7. The number of hydrogen-bond donors (Lipinski definition) is 0. The zero-order chi connectivity index (χ0) is 10.1. The number of aryl methyl sites for hydroxylation is 1. The molecule has 14 heavy (non-hydrogen) atoms. The predicted octanol–water partition coefficient (Wildman–Crippen LogP) is 3.04. The van der Waals surface area contributed by atoms with Gasteiger partial charge in [0.15, 0.2) is 5.78 Å². The van der Waals surface area contributed by atoms with Crippen LogP contribution in [0.1, 0.15) is 40.7 Å². The molecule has 0 aromatic heterocycles. The number of ketones is 1. The summed E-state index contributed by atoms with van der Waals surface area (Å²) in [5.41, 5.74) is 2.18. The summed E-state index contributed by atoms with van der Waals surface area (Å²) in [6.45, 7) is 1.88. The van der Waals surface area contributed by atoms with Crippen molar-refractivity contribution in [3.05, 3.63) is 34.6 Å². The van der Waals surface area contributed by atoms with Crippen LogP contribution >= 0.6 is 0 Å². The third-order valence-corrected chi connectivity index (χ3v) is 2.82. The molecule has 0 N–H and O–H groups in total. The van der Waals surface area contributed by atoms with Gasteiger partial charge in [0, 0.05) is 12.0 Å². The van der Waals surface area contributed by atoms with Gasteiger partial charge in [-0.05, 0) is 43.4 Å². The second-order valence-electron chi connectivity index (χ2n) is 3.85. The van der Waals surface area contributed by atoms with Gasteiger partial charge < -0.3 is 0 Å². The zero-order valence-corrected chi connectivity index (χ0v) is 8.27. The Morgan fingerprint density at radius 2 is 1.93 bits per heavy atom. The van der Waals surface area contributed by atoms with Gasteiger partial charge >= 0.3 is 0 Å². The van der Waals surface area contributed by atoms with Crippen LogP contribution in [0, 0.1) is 12.7 Å². The van der Waals surface area contributed by atoms with Gasteiger partial charge in [0.2, 0.25) is 0 Å². The van der Waals surface area contributed by atoms with Crippen LogP contribution in [0.15, 0.2) is 12.1 Å². The summed E-state index contributed by atoms with van der Waals surface area (Å²) in [6, 6.07) is 3.16. The molecule has 1 aliphatic rings. The summed E-state index contributed by atoms with van der Waals surface area (Å²) < 4.78 is 13.5. The molecular formula is C12H13FO. The lowest BCUT2D eigenvalue weighted by atomic mass is 9.97. The van der Waals surface area contributed by atoms with Crippen LogP contribution in [0.25, 0.3) is 0 Å². The first kappa shape index (κ1) is 9.38. The summed E-state index contributed by atoms with van der Waals surface area (Å²) >= 11 is 0. The van der Waals surface area contributed by atoms with Crippen molar-refractivity contribution >= 4 is 5.78 Å². The SMILES string of the molecule is Cc1ccc(F)c2c1C(=O)CCCC2. The van der Waals surface area contributed by atoms with Crippen molar-refractivity contribution in [1.29, 1.82) is 0 Å². The number of carbonyl (C=O) groups is 1. The number of benzene rings is 1. The van der Waals surface area contributed by atoms with Gasteiger partial charge in [-0.1, -0.05) is 6.07 Å². The molecular weight excluding hydrogens is 179 g/mol. The number of fused-ring (bicyclic) bond motifs is 1. The second kappa shape index (κ2) is 3.52. The maximum atomic E-state index is 13.5. The number of halogens is 1. The molecule has 0 spiro atoms. The molecule has 0 radical (unpaired) electrons. The van der Waals surface area contributed by atoms with Crippen LogP contribution in [0.4, 0.5) is 4.39 Å². The lowest BCUT2D eigenvalue weighted by Crippen LogP contribution is -2.05. The minimum atomic E-state index is -0.221. The lowest BCUT2D eigenvalue weighted by molar-refractivity contribution is 0.0981. The van der Waals surface area contributed by atoms with Crippen LogP contribution in [0.5, 0.6) is 0 Å². The monoisotopic (exact) mass is 192 g/mol. The van der Waals surface area contributed by atoms with Crippen molar-refractivity contribution in [1.82, 2.24) is 0 Å². The lowest BCUT2D eigenvalue weighted by Gasteiger charge is -2.08. The van der Waals surface area contributed by atoms with Crippen molar-refractivity contribution in [2.24, 2.45) is 0 Å². The van der Waals surface area contributed by atoms with E-state index in [0.717, 1.165) is 18.4 Å². The molecule has 0 aliphatic heterocycles. The Morgan fingerprint density at radius 3 is 2.71 bits per heavy atom. The highest BCUT2D eigenvalue weighted by atomic mass is 19.1. The molecule has 1 aliphatic carbocycles. The summed E-state index contributed by atoms with van der Waals surface area (Å²) in [5.74, 6) is -0.115. The quantitative estimate of drug-likeness (QED) is 0.577. The van der Waals surface area contributed by atoms with Gasteiger partial charge in [-0.15, -0.1) is 0 Å². The van der Waals surface area contributed by atoms with Crippen molar-refractivity contribution < 1.29 is 9.18 Å². The average molecular weight is 192 g/mol. The number of rotatable bonds is 0. The molecule has 0 saturated carbocycles. The molecule has 0 fully saturated rings. The molecule has 1 aromatic rings. The molecule has 2 heteroatoms. The Morgan fingerprint density at radius 1 is 1.21 bits per heavy atom. The van der Waals surface area contributed by atoms with E-state index < -0.39 is 0 Å². The number of carbonyl (C=O) groups excluding carboxylic acids is 1. The summed E-state index contributed by atoms with van der Waals surface area (Å²) in [6.07, 6.45) is 3.07. The summed E-state index contributed by atoms with van der Waals surface area (Å²) in [5, 5.41) is 0. The van der Waals surface area contributed by atoms with Crippen LogP contribution in [0.2, 0.25) is 0 Å². The molecule has 0 amide bonds. The predicted molar refractivity (Wildman–Crippen MR) is 53.0 cm³/mol. The Kier molecular flexibility index (Phi) is 2.36.